The summed E-state index contributed by atoms with van der Waals surface area (Å²) in [7, 11) is 1.31. The fourth-order valence-corrected chi connectivity index (χ4v) is 4.50. The first-order chi connectivity index (χ1) is 11.0. The second-order valence-corrected chi connectivity index (χ2v) is 7.52. The number of fused-ring (bicyclic) bond motifs is 1. The number of hydrogen-bond donors (Lipinski definition) is 0. The Hall–Kier alpha value is -1.47. The highest BCUT2D eigenvalue weighted by atomic mass is 32.1. The minimum atomic E-state index is -0.507. The summed E-state index contributed by atoms with van der Waals surface area (Å²) in [5.74, 6) is 0.807. The largest absolute Gasteiger partial charge is 0.466 e. The molecule has 0 amide bonds. The van der Waals surface area contributed by atoms with E-state index < -0.39 is 5.97 Å². The highest BCUT2D eigenvalue weighted by Gasteiger charge is 2.32. The third kappa shape index (κ3) is 3.12. The number of hydrogen-bond acceptors (Lipinski definition) is 6. The number of aromatic nitrogens is 1. The molecule has 3 rings (SSSR count). The van der Waals surface area contributed by atoms with Gasteiger partial charge in [0.1, 0.15) is 4.53 Å². The van der Waals surface area contributed by atoms with Crippen LogP contribution < -0.4 is 14.9 Å². The summed E-state index contributed by atoms with van der Waals surface area (Å²) < 4.78 is 6.67. The summed E-state index contributed by atoms with van der Waals surface area (Å²) in [5, 5.41) is 0. The van der Waals surface area contributed by atoms with E-state index in [0.29, 0.717) is 40.5 Å². The molecule has 126 valence electrons. The molecule has 3 atom stereocenters. The van der Waals surface area contributed by atoms with Crippen molar-refractivity contribution in [2.75, 3.05) is 13.8 Å². The number of esters is 1. The van der Waals surface area contributed by atoms with Crippen LogP contribution in [0.4, 0.5) is 0 Å². The summed E-state index contributed by atoms with van der Waals surface area (Å²) in [6.07, 6.45) is 4.93. The maximum atomic E-state index is 12.5. The summed E-state index contributed by atoms with van der Waals surface area (Å²) in [6.45, 7) is 5.80. The standard InChI is InChI=1S/C16H23N3O3S/c1-10-5-4-6-12(11(10)2)18-8-17-16-19(9-18)15(21)13(23-16)7-14(20)22-3/h7,10-12H,4-6,8-9H2,1-3H3/b13-7+/t10-,11+,12+/m0/s1. The van der Waals surface area contributed by atoms with Crippen molar-refractivity contribution in [1.29, 1.82) is 0 Å². The lowest BCUT2D eigenvalue weighted by Gasteiger charge is -2.41. The molecule has 1 aliphatic carbocycles. The predicted octanol–water partition coefficient (Wildman–Crippen LogP) is 0.538. The quantitative estimate of drug-likeness (QED) is 0.739. The van der Waals surface area contributed by atoms with Gasteiger partial charge < -0.3 is 4.74 Å². The molecular weight excluding hydrogens is 314 g/mol. The van der Waals surface area contributed by atoms with E-state index in [9.17, 15) is 9.59 Å². The van der Waals surface area contributed by atoms with Crippen molar-refractivity contribution in [1.82, 2.24) is 9.47 Å². The van der Waals surface area contributed by atoms with E-state index in [-0.39, 0.29) is 5.56 Å². The molecule has 0 saturated heterocycles. The molecule has 2 heterocycles. The fourth-order valence-electron chi connectivity index (χ4n) is 3.57. The minimum absolute atomic E-state index is 0.152. The molecule has 0 bridgehead atoms. The van der Waals surface area contributed by atoms with E-state index in [1.807, 2.05) is 0 Å². The van der Waals surface area contributed by atoms with Crippen molar-refractivity contribution in [3.05, 3.63) is 19.7 Å². The lowest BCUT2D eigenvalue weighted by Crippen LogP contribution is -2.50. The molecule has 0 aromatic carbocycles. The van der Waals surface area contributed by atoms with Crippen LogP contribution in [0.5, 0.6) is 0 Å². The van der Waals surface area contributed by atoms with E-state index in [2.05, 4.69) is 28.5 Å². The molecule has 0 spiro atoms. The van der Waals surface area contributed by atoms with Crippen LogP contribution in [0.25, 0.3) is 6.08 Å². The zero-order valence-electron chi connectivity index (χ0n) is 13.8. The Balaban J connectivity index is 1.88. The zero-order chi connectivity index (χ0) is 16.6. The molecule has 1 aromatic rings. The number of thiazole rings is 1. The molecule has 1 saturated carbocycles. The van der Waals surface area contributed by atoms with Gasteiger partial charge in [-0.3, -0.25) is 14.3 Å². The van der Waals surface area contributed by atoms with Crippen LogP contribution in [-0.2, 0) is 16.2 Å². The Morgan fingerprint density at radius 1 is 1.39 bits per heavy atom. The predicted molar refractivity (Wildman–Crippen MR) is 88.5 cm³/mol. The smallest absolute Gasteiger partial charge is 0.332 e. The van der Waals surface area contributed by atoms with E-state index in [1.165, 1.54) is 37.4 Å². The van der Waals surface area contributed by atoms with Gasteiger partial charge in [0.25, 0.3) is 5.56 Å². The molecule has 6 nitrogen and oxygen atoms in total. The highest BCUT2D eigenvalue weighted by molar-refractivity contribution is 7.07. The molecule has 0 radical (unpaired) electrons. The number of carbonyl (C=O) groups is 1. The van der Waals surface area contributed by atoms with Crippen LogP contribution in [0.1, 0.15) is 33.1 Å². The zero-order valence-corrected chi connectivity index (χ0v) is 14.6. The molecule has 1 fully saturated rings. The van der Waals surface area contributed by atoms with Gasteiger partial charge >= 0.3 is 5.97 Å². The highest BCUT2D eigenvalue weighted by Crippen LogP contribution is 2.33. The van der Waals surface area contributed by atoms with Crippen LogP contribution in [-0.4, -0.2) is 35.3 Å². The number of nitrogens with zero attached hydrogens (tertiary/aromatic N) is 3. The van der Waals surface area contributed by atoms with Gasteiger partial charge in [0.2, 0.25) is 0 Å². The van der Waals surface area contributed by atoms with Gasteiger partial charge in [0.15, 0.2) is 4.80 Å². The van der Waals surface area contributed by atoms with Crippen LogP contribution >= 0.6 is 11.3 Å². The van der Waals surface area contributed by atoms with E-state index >= 15 is 0 Å². The Morgan fingerprint density at radius 3 is 2.91 bits per heavy atom. The summed E-state index contributed by atoms with van der Waals surface area (Å²) in [6, 6.07) is 0.468. The molecule has 7 heteroatoms. The van der Waals surface area contributed by atoms with Gasteiger partial charge in [-0.1, -0.05) is 38.0 Å². The summed E-state index contributed by atoms with van der Waals surface area (Å²) in [4.78, 5) is 31.4. The minimum Gasteiger partial charge on any atom is -0.466 e. The first-order valence-electron chi connectivity index (χ1n) is 8.09. The van der Waals surface area contributed by atoms with Crippen molar-refractivity contribution >= 4 is 23.4 Å². The van der Waals surface area contributed by atoms with Crippen molar-refractivity contribution in [3.63, 3.8) is 0 Å². The Labute approximate surface area is 139 Å². The Morgan fingerprint density at radius 2 is 2.17 bits per heavy atom. The Kier molecular flexibility index (Phi) is 4.68. The van der Waals surface area contributed by atoms with Crippen LogP contribution in [0.3, 0.4) is 0 Å². The Bertz CT molecular complexity index is 767. The van der Waals surface area contributed by atoms with Crippen molar-refractivity contribution in [2.24, 2.45) is 16.8 Å². The van der Waals surface area contributed by atoms with Crippen LogP contribution in [0.2, 0.25) is 0 Å². The number of carbonyl (C=O) groups excluding carboxylic acids is 1. The molecule has 23 heavy (non-hydrogen) atoms. The van der Waals surface area contributed by atoms with Gasteiger partial charge in [-0.2, -0.15) is 0 Å². The average molecular weight is 337 g/mol. The number of rotatable bonds is 2. The van der Waals surface area contributed by atoms with Crippen LogP contribution in [0, 0.1) is 11.8 Å². The van der Waals surface area contributed by atoms with Gasteiger partial charge in [0.05, 0.1) is 20.4 Å². The maximum Gasteiger partial charge on any atom is 0.332 e. The van der Waals surface area contributed by atoms with E-state index in [0.717, 1.165) is 6.42 Å². The normalized spacial score (nSPS) is 29.0. The molecular formula is C16H23N3O3S. The first kappa shape index (κ1) is 16.4. The molecule has 2 aliphatic rings. The second kappa shape index (κ2) is 6.57. The molecule has 0 unspecified atom stereocenters. The topological polar surface area (TPSA) is 63.9 Å². The van der Waals surface area contributed by atoms with E-state index in [4.69, 9.17) is 0 Å². The second-order valence-electron chi connectivity index (χ2n) is 6.51. The third-order valence-corrected chi connectivity index (χ3v) is 6.23. The summed E-state index contributed by atoms with van der Waals surface area (Å²) in [5.41, 5.74) is -0.152. The molecule has 0 N–H and O–H groups in total. The maximum absolute atomic E-state index is 12.5. The molecule has 1 aromatic heterocycles. The van der Waals surface area contributed by atoms with Gasteiger partial charge in [0, 0.05) is 12.1 Å². The van der Waals surface area contributed by atoms with E-state index in [1.54, 1.807) is 4.57 Å². The average Bonchev–Trinajstić information content (AvgIpc) is 2.85. The van der Waals surface area contributed by atoms with Gasteiger partial charge in [-0.15, -0.1) is 0 Å². The van der Waals surface area contributed by atoms with Crippen molar-refractivity contribution in [2.45, 2.75) is 45.8 Å². The first-order valence-corrected chi connectivity index (χ1v) is 8.90. The monoisotopic (exact) mass is 337 g/mol. The lowest BCUT2D eigenvalue weighted by molar-refractivity contribution is -0.133. The lowest BCUT2D eigenvalue weighted by atomic mass is 9.77. The van der Waals surface area contributed by atoms with Gasteiger partial charge in [-0.25, -0.2) is 9.79 Å². The van der Waals surface area contributed by atoms with Crippen molar-refractivity contribution < 1.29 is 9.53 Å². The molecule has 1 aliphatic heterocycles. The van der Waals surface area contributed by atoms with Crippen molar-refractivity contribution in [3.8, 4) is 0 Å². The van der Waals surface area contributed by atoms with Gasteiger partial charge in [-0.05, 0) is 18.3 Å². The fraction of sp³-hybridized carbons (Fsp3) is 0.688. The number of ether oxygens (including phenoxy) is 1. The number of methoxy groups -OCH3 is 1. The van der Waals surface area contributed by atoms with Crippen LogP contribution in [0.15, 0.2) is 9.79 Å². The third-order valence-electron chi connectivity index (χ3n) is 5.18. The summed E-state index contributed by atoms with van der Waals surface area (Å²) >= 11 is 1.26. The SMILES string of the molecule is COC(=O)/C=c1/sc2n(c1=O)CN([C@@H]1CCC[C@H](C)[C@H]1C)CN=2.